The van der Waals surface area contributed by atoms with Crippen molar-refractivity contribution >= 4 is 5.82 Å². The molecule has 1 aliphatic heterocycles. The fraction of sp³-hybridized carbons (Fsp3) is 0.417. The van der Waals surface area contributed by atoms with Crippen LogP contribution in [0.4, 0.5) is 5.82 Å². The van der Waals surface area contributed by atoms with E-state index in [0.29, 0.717) is 5.69 Å². The Bertz CT molecular complexity index is 533. The van der Waals surface area contributed by atoms with Crippen LogP contribution in [-0.4, -0.2) is 41.4 Å². The number of nitrogens with zero attached hydrogens (tertiary/aromatic N) is 4. The topological polar surface area (TPSA) is 67.1 Å². The van der Waals surface area contributed by atoms with Crippen molar-refractivity contribution in [2.24, 2.45) is 0 Å². The minimum absolute atomic E-state index is 0.715. The number of hydrogen-bond donors (Lipinski definition) is 1. The molecule has 0 aromatic carbocycles. The number of hydrogen-bond acceptors (Lipinski definition) is 6. The number of furan rings is 1. The first-order valence-corrected chi connectivity index (χ1v) is 6.05. The predicted molar refractivity (Wildman–Crippen MR) is 67.3 cm³/mol. The molecule has 6 heteroatoms. The Kier molecular flexibility index (Phi) is 2.93. The molecule has 6 nitrogen and oxygen atoms in total. The van der Waals surface area contributed by atoms with Crippen LogP contribution in [0.2, 0.25) is 0 Å². The van der Waals surface area contributed by atoms with Crippen LogP contribution in [0.15, 0.2) is 22.9 Å². The summed E-state index contributed by atoms with van der Waals surface area (Å²) < 4.78 is 5.62. The van der Waals surface area contributed by atoms with E-state index in [9.17, 15) is 0 Å². The van der Waals surface area contributed by atoms with Crippen LogP contribution < -0.4 is 10.2 Å². The van der Waals surface area contributed by atoms with Gasteiger partial charge in [0.15, 0.2) is 17.3 Å². The second-order valence-corrected chi connectivity index (χ2v) is 4.28. The third kappa shape index (κ3) is 2.06. The number of rotatable bonds is 2. The van der Waals surface area contributed by atoms with Gasteiger partial charge in [-0.05, 0) is 19.1 Å². The van der Waals surface area contributed by atoms with Gasteiger partial charge in [0.05, 0.1) is 0 Å². The van der Waals surface area contributed by atoms with Crippen LogP contribution in [0.1, 0.15) is 5.76 Å². The monoisotopic (exact) mass is 245 g/mol. The van der Waals surface area contributed by atoms with Crippen molar-refractivity contribution < 1.29 is 4.42 Å². The Labute approximate surface area is 105 Å². The van der Waals surface area contributed by atoms with E-state index in [4.69, 9.17) is 4.42 Å². The second kappa shape index (κ2) is 4.73. The standard InChI is InChI=1S/C12H15N5O/c1-9-2-3-10(18-9)11-12(14-8-15-16-11)17-6-4-13-5-7-17/h2-3,8,13H,4-7H2,1H3. The Morgan fingerprint density at radius 2 is 2.11 bits per heavy atom. The summed E-state index contributed by atoms with van der Waals surface area (Å²) in [5.41, 5.74) is 0.715. The lowest BCUT2D eigenvalue weighted by Gasteiger charge is -2.28. The molecule has 2 aromatic rings. The number of anilines is 1. The lowest BCUT2D eigenvalue weighted by molar-refractivity contribution is 0.542. The first-order chi connectivity index (χ1) is 8.84. The van der Waals surface area contributed by atoms with E-state index in [2.05, 4.69) is 25.4 Å². The molecule has 1 N–H and O–H groups in total. The van der Waals surface area contributed by atoms with Crippen molar-refractivity contribution in [3.8, 4) is 11.5 Å². The minimum Gasteiger partial charge on any atom is -0.460 e. The van der Waals surface area contributed by atoms with Crippen LogP contribution in [0.5, 0.6) is 0 Å². The van der Waals surface area contributed by atoms with Crippen molar-refractivity contribution in [3.63, 3.8) is 0 Å². The van der Waals surface area contributed by atoms with Crippen LogP contribution in [0.3, 0.4) is 0 Å². The molecule has 0 saturated carbocycles. The zero-order valence-electron chi connectivity index (χ0n) is 10.3. The molecule has 1 fully saturated rings. The molecule has 3 rings (SSSR count). The normalized spacial score (nSPS) is 15.9. The molecule has 0 bridgehead atoms. The smallest absolute Gasteiger partial charge is 0.171 e. The van der Waals surface area contributed by atoms with E-state index >= 15 is 0 Å². The van der Waals surface area contributed by atoms with Crippen molar-refractivity contribution in [3.05, 3.63) is 24.2 Å². The second-order valence-electron chi connectivity index (χ2n) is 4.28. The third-order valence-electron chi connectivity index (χ3n) is 2.99. The fourth-order valence-electron chi connectivity index (χ4n) is 2.10. The third-order valence-corrected chi connectivity index (χ3v) is 2.99. The largest absolute Gasteiger partial charge is 0.460 e. The average molecular weight is 245 g/mol. The summed E-state index contributed by atoms with van der Waals surface area (Å²) in [6.45, 7) is 5.68. The molecule has 18 heavy (non-hydrogen) atoms. The maximum Gasteiger partial charge on any atom is 0.171 e. The van der Waals surface area contributed by atoms with Crippen LogP contribution >= 0.6 is 0 Å². The zero-order valence-corrected chi connectivity index (χ0v) is 10.3. The van der Waals surface area contributed by atoms with Gasteiger partial charge in [-0.3, -0.25) is 0 Å². The molecule has 0 amide bonds. The van der Waals surface area contributed by atoms with Gasteiger partial charge < -0.3 is 14.6 Å². The Hall–Kier alpha value is -1.95. The van der Waals surface area contributed by atoms with E-state index in [0.717, 1.165) is 43.5 Å². The van der Waals surface area contributed by atoms with E-state index in [1.54, 1.807) is 0 Å². The molecule has 0 aliphatic carbocycles. The van der Waals surface area contributed by atoms with Gasteiger partial charge in [0.1, 0.15) is 12.1 Å². The van der Waals surface area contributed by atoms with Gasteiger partial charge in [0, 0.05) is 26.2 Å². The van der Waals surface area contributed by atoms with Crippen LogP contribution in [-0.2, 0) is 0 Å². The van der Waals surface area contributed by atoms with Gasteiger partial charge in [-0.15, -0.1) is 10.2 Å². The number of aromatic nitrogens is 3. The van der Waals surface area contributed by atoms with Crippen LogP contribution in [0, 0.1) is 6.92 Å². The molecule has 0 spiro atoms. The molecule has 1 aliphatic rings. The van der Waals surface area contributed by atoms with Gasteiger partial charge in [-0.1, -0.05) is 0 Å². The maximum atomic E-state index is 5.62. The fourth-order valence-corrected chi connectivity index (χ4v) is 2.10. The molecule has 0 atom stereocenters. The number of piperazine rings is 1. The number of aryl methyl sites for hydroxylation is 1. The van der Waals surface area contributed by atoms with Crippen molar-refractivity contribution in [2.75, 3.05) is 31.1 Å². The van der Waals surface area contributed by atoms with E-state index in [1.807, 2.05) is 19.1 Å². The minimum atomic E-state index is 0.715. The highest BCUT2D eigenvalue weighted by molar-refractivity contribution is 5.67. The predicted octanol–water partition coefficient (Wildman–Crippen LogP) is 0.850. The molecule has 94 valence electrons. The van der Waals surface area contributed by atoms with Crippen molar-refractivity contribution in [2.45, 2.75) is 6.92 Å². The van der Waals surface area contributed by atoms with E-state index < -0.39 is 0 Å². The average Bonchev–Trinajstić information content (AvgIpc) is 2.86. The highest BCUT2D eigenvalue weighted by Crippen LogP contribution is 2.27. The van der Waals surface area contributed by atoms with E-state index in [-0.39, 0.29) is 0 Å². The van der Waals surface area contributed by atoms with Gasteiger partial charge in [0.25, 0.3) is 0 Å². The number of nitrogens with one attached hydrogen (secondary N) is 1. The quantitative estimate of drug-likeness (QED) is 0.846. The summed E-state index contributed by atoms with van der Waals surface area (Å²) in [7, 11) is 0. The zero-order chi connectivity index (χ0) is 12.4. The van der Waals surface area contributed by atoms with Gasteiger partial charge >= 0.3 is 0 Å². The Balaban J connectivity index is 1.99. The molecule has 0 radical (unpaired) electrons. The summed E-state index contributed by atoms with van der Waals surface area (Å²) >= 11 is 0. The summed E-state index contributed by atoms with van der Waals surface area (Å²) in [6, 6.07) is 3.83. The highest BCUT2D eigenvalue weighted by Gasteiger charge is 2.19. The van der Waals surface area contributed by atoms with Crippen molar-refractivity contribution in [1.82, 2.24) is 20.5 Å². The lowest BCUT2D eigenvalue weighted by atomic mass is 10.2. The molecule has 2 aromatic heterocycles. The molecule has 0 unspecified atom stereocenters. The lowest BCUT2D eigenvalue weighted by Crippen LogP contribution is -2.44. The Morgan fingerprint density at radius 3 is 2.83 bits per heavy atom. The molecular formula is C12H15N5O. The van der Waals surface area contributed by atoms with E-state index in [1.165, 1.54) is 6.33 Å². The summed E-state index contributed by atoms with van der Waals surface area (Å²) in [6.07, 6.45) is 1.48. The Morgan fingerprint density at radius 1 is 1.28 bits per heavy atom. The summed E-state index contributed by atoms with van der Waals surface area (Å²) in [5.74, 6) is 2.43. The summed E-state index contributed by atoms with van der Waals surface area (Å²) in [5, 5.41) is 11.4. The molecule has 3 heterocycles. The molecule has 1 saturated heterocycles. The van der Waals surface area contributed by atoms with Crippen LogP contribution in [0.25, 0.3) is 11.5 Å². The first-order valence-electron chi connectivity index (χ1n) is 6.05. The van der Waals surface area contributed by atoms with Gasteiger partial charge in [-0.25, -0.2) is 4.98 Å². The van der Waals surface area contributed by atoms with Gasteiger partial charge in [0.2, 0.25) is 0 Å². The maximum absolute atomic E-state index is 5.62. The summed E-state index contributed by atoms with van der Waals surface area (Å²) in [4.78, 5) is 6.56. The van der Waals surface area contributed by atoms with Gasteiger partial charge in [-0.2, -0.15) is 0 Å². The SMILES string of the molecule is Cc1ccc(-c2nncnc2N2CCNCC2)o1. The highest BCUT2D eigenvalue weighted by atomic mass is 16.3. The molecular weight excluding hydrogens is 230 g/mol. The van der Waals surface area contributed by atoms with Crippen molar-refractivity contribution in [1.29, 1.82) is 0 Å². The first kappa shape index (κ1) is 11.2.